The number of fused-ring (bicyclic) bond motifs is 1. The molecular weight excluding hydrogens is 414 g/mol. The summed E-state index contributed by atoms with van der Waals surface area (Å²) in [4.78, 5) is 17.8. The van der Waals surface area contributed by atoms with Gasteiger partial charge in [0.15, 0.2) is 0 Å². The zero-order valence-electron chi connectivity index (χ0n) is 15.6. The first-order valence-electron chi connectivity index (χ1n) is 8.97. The fourth-order valence-corrected chi connectivity index (χ4v) is 3.48. The van der Waals surface area contributed by atoms with Crippen molar-refractivity contribution >= 4 is 32.8 Å². The van der Waals surface area contributed by atoms with E-state index in [2.05, 4.69) is 15.9 Å². The molecule has 0 radical (unpaired) electrons. The molecule has 4 aromatic rings. The van der Waals surface area contributed by atoms with E-state index >= 15 is 0 Å². The van der Waals surface area contributed by atoms with Crippen molar-refractivity contribution in [3.63, 3.8) is 0 Å². The lowest BCUT2D eigenvalue weighted by Crippen LogP contribution is -2.11. The quantitative estimate of drug-likeness (QED) is 0.274. The molecule has 4 heteroatoms. The summed E-state index contributed by atoms with van der Waals surface area (Å²) in [5.41, 5.74) is 4.80. The van der Waals surface area contributed by atoms with Crippen molar-refractivity contribution in [3.05, 3.63) is 94.0 Å². The number of nitrogens with zero attached hydrogens (tertiary/aromatic N) is 1. The molecule has 0 saturated carbocycles. The minimum absolute atomic E-state index is 0.380. The van der Waals surface area contributed by atoms with Crippen molar-refractivity contribution in [2.45, 2.75) is 13.8 Å². The van der Waals surface area contributed by atoms with E-state index in [1.807, 2.05) is 86.6 Å². The number of pyridine rings is 1. The van der Waals surface area contributed by atoms with Crippen LogP contribution in [0.4, 0.5) is 0 Å². The highest BCUT2D eigenvalue weighted by Gasteiger charge is 2.17. The van der Waals surface area contributed by atoms with Crippen molar-refractivity contribution in [2.24, 2.45) is 0 Å². The first-order valence-corrected chi connectivity index (χ1v) is 9.76. The monoisotopic (exact) mass is 431 g/mol. The second kappa shape index (κ2) is 7.56. The van der Waals surface area contributed by atoms with Crippen LogP contribution in [0.25, 0.3) is 22.2 Å². The van der Waals surface area contributed by atoms with Gasteiger partial charge in [-0.2, -0.15) is 0 Å². The topological polar surface area (TPSA) is 39.2 Å². The van der Waals surface area contributed by atoms with E-state index in [0.29, 0.717) is 11.3 Å². The van der Waals surface area contributed by atoms with Gasteiger partial charge in [0.2, 0.25) is 0 Å². The SMILES string of the molecule is Cc1cccc(C)c1OC(=O)c1cc(-c2ccc(Br)cc2)nc2ccccc12. The van der Waals surface area contributed by atoms with E-state index in [4.69, 9.17) is 9.72 Å². The van der Waals surface area contributed by atoms with Crippen LogP contribution in [-0.2, 0) is 0 Å². The predicted octanol–water partition coefficient (Wildman–Crippen LogP) is 6.50. The van der Waals surface area contributed by atoms with E-state index in [9.17, 15) is 4.79 Å². The van der Waals surface area contributed by atoms with E-state index < -0.39 is 0 Å². The molecule has 1 aromatic heterocycles. The third-order valence-corrected chi connectivity index (χ3v) is 5.21. The van der Waals surface area contributed by atoms with Gasteiger partial charge in [0.05, 0.1) is 16.8 Å². The summed E-state index contributed by atoms with van der Waals surface area (Å²) < 4.78 is 6.80. The molecular formula is C24H18BrNO2. The van der Waals surface area contributed by atoms with Crippen LogP contribution in [0.2, 0.25) is 0 Å². The number of hydrogen-bond acceptors (Lipinski definition) is 3. The summed E-state index contributed by atoms with van der Waals surface area (Å²) in [7, 11) is 0. The Bertz CT molecular complexity index is 1160. The number of carbonyl (C=O) groups is 1. The Hall–Kier alpha value is -2.98. The van der Waals surface area contributed by atoms with Crippen molar-refractivity contribution < 1.29 is 9.53 Å². The lowest BCUT2D eigenvalue weighted by Gasteiger charge is -2.13. The number of esters is 1. The standard InChI is InChI=1S/C24H18BrNO2/c1-15-6-5-7-16(2)23(15)28-24(27)20-14-22(17-10-12-18(25)13-11-17)26-21-9-4-3-8-19(20)21/h3-14H,1-2H3. The number of carbonyl (C=O) groups excluding carboxylic acids is 1. The van der Waals surface area contributed by atoms with Crippen LogP contribution < -0.4 is 4.74 Å². The predicted molar refractivity (Wildman–Crippen MR) is 116 cm³/mol. The minimum Gasteiger partial charge on any atom is -0.422 e. The highest BCUT2D eigenvalue weighted by molar-refractivity contribution is 9.10. The van der Waals surface area contributed by atoms with Crippen LogP contribution in [-0.4, -0.2) is 11.0 Å². The van der Waals surface area contributed by atoms with Gasteiger partial charge in [-0.15, -0.1) is 0 Å². The van der Waals surface area contributed by atoms with Crippen LogP contribution in [0.1, 0.15) is 21.5 Å². The van der Waals surface area contributed by atoms with E-state index in [1.165, 1.54) is 0 Å². The van der Waals surface area contributed by atoms with Crippen LogP contribution >= 0.6 is 15.9 Å². The number of hydrogen-bond donors (Lipinski definition) is 0. The molecule has 0 saturated heterocycles. The summed E-state index contributed by atoms with van der Waals surface area (Å²) in [6.07, 6.45) is 0. The summed E-state index contributed by atoms with van der Waals surface area (Å²) in [5.74, 6) is 0.230. The normalized spacial score (nSPS) is 10.8. The smallest absolute Gasteiger partial charge is 0.344 e. The molecule has 0 unspecified atom stereocenters. The maximum Gasteiger partial charge on any atom is 0.344 e. The molecule has 3 nitrogen and oxygen atoms in total. The highest BCUT2D eigenvalue weighted by atomic mass is 79.9. The number of halogens is 1. The second-order valence-electron chi connectivity index (χ2n) is 6.69. The Morgan fingerprint density at radius 1 is 0.893 bits per heavy atom. The van der Waals surface area contributed by atoms with Crippen LogP contribution in [0.5, 0.6) is 5.75 Å². The van der Waals surface area contributed by atoms with Gasteiger partial charge in [-0.1, -0.05) is 64.5 Å². The van der Waals surface area contributed by atoms with Gasteiger partial charge in [-0.25, -0.2) is 9.78 Å². The molecule has 0 aliphatic carbocycles. The molecule has 28 heavy (non-hydrogen) atoms. The zero-order valence-corrected chi connectivity index (χ0v) is 17.2. The lowest BCUT2D eigenvalue weighted by atomic mass is 10.0. The van der Waals surface area contributed by atoms with Crippen LogP contribution in [0.3, 0.4) is 0 Å². The molecule has 0 aliphatic heterocycles. The number of aryl methyl sites for hydroxylation is 2. The fraction of sp³-hybridized carbons (Fsp3) is 0.0833. The fourth-order valence-electron chi connectivity index (χ4n) is 3.22. The summed E-state index contributed by atoms with van der Waals surface area (Å²) in [6.45, 7) is 3.88. The molecule has 4 rings (SSSR count). The van der Waals surface area contributed by atoms with E-state index in [-0.39, 0.29) is 5.97 Å². The van der Waals surface area contributed by atoms with Crippen molar-refractivity contribution in [2.75, 3.05) is 0 Å². The molecule has 0 fully saturated rings. The Morgan fingerprint density at radius 2 is 1.57 bits per heavy atom. The molecule has 0 atom stereocenters. The Kier molecular flexibility index (Phi) is 4.97. The summed E-state index contributed by atoms with van der Waals surface area (Å²) in [6, 6.07) is 23.1. The molecule has 3 aromatic carbocycles. The lowest BCUT2D eigenvalue weighted by molar-refractivity contribution is 0.0734. The van der Waals surface area contributed by atoms with Gasteiger partial charge in [-0.05, 0) is 49.2 Å². The highest BCUT2D eigenvalue weighted by Crippen LogP contribution is 2.28. The maximum absolute atomic E-state index is 13.1. The number of ether oxygens (including phenoxy) is 1. The summed E-state index contributed by atoms with van der Waals surface area (Å²) in [5, 5.41) is 0.777. The van der Waals surface area contributed by atoms with Gasteiger partial charge in [-0.3, -0.25) is 0 Å². The third-order valence-electron chi connectivity index (χ3n) is 4.68. The average molecular weight is 432 g/mol. The number of benzene rings is 3. The van der Waals surface area contributed by atoms with Gasteiger partial charge in [0, 0.05) is 15.4 Å². The Balaban J connectivity index is 1.83. The van der Waals surface area contributed by atoms with Crippen molar-refractivity contribution in [1.82, 2.24) is 4.98 Å². The first kappa shape index (κ1) is 18.4. The van der Waals surface area contributed by atoms with Gasteiger partial charge >= 0.3 is 5.97 Å². The van der Waals surface area contributed by atoms with Crippen molar-refractivity contribution in [1.29, 1.82) is 0 Å². The largest absolute Gasteiger partial charge is 0.422 e. The Labute approximate surface area is 172 Å². The molecule has 1 heterocycles. The minimum atomic E-state index is -0.380. The van der Waals surface area contributed by atoms with E-state index in [0.717, 1.165) is 37.8 Å². The molecule has 138 valence electrons. The molecule has 0 aliphatic rings. The van der Waals surface area contributed by atoms with Gasteiger partial charge in [0.1, 0.15) is 5.75 Å². The second-order valence-corrected chi connectivity index (χ2v) is 7.61. The molecule has 0 amide bonds. The van der Waals surface area contributed by atoms with Gasteiger partial charge < -0.3 is 4.74 Å². The third kappa shape index (κ3) is 3.56. The van der Waals surface area contributed by atoms with Crippen molar-refractivity contribution in [3.8, 4) is 17.0 Å². The summed E-state index contributed by atoms with van der Waals surface area (Å²) >= 11 is 3.45. The number of rotatable bonds is 3. The van der Waals surface area contributed by atoms with Crippen LogP contribution in [0, 0.1) is 13.8 Å². The van der Waals surface area contributed by atoms with E-state index in [1.54, 1.807) is 0 Å². The maximum atomic E-state index is 13.1. The van der Waals surface area contributed by atoms with Crippen LogP contribution in [0.15, 0.2) is 77.3 Å². The van der Waals surface area contributed by atoms with Gasteiger partial charge in [0.25, 0.3) is 0 Å². The first-order chi connectivity index (χ1) is 13.5. The molecule has 0 N–H and O–H groups in total. The number of para-hydroxylation sites is 2. The Morgan fingerprint density at radius 3 is 2.29 bits per heavy atom. The molecule has 0 bridgehead atoms. The average Bonchev–Trinajstić information content (AvgIpc) is 2.70. The zero-order chi connectivity index (χ0) is 19.7. The number of aromatic nitrogens is 1. The molecule has 0 spiro atoms.